The van der Waals surface area contributed by atoms with Gasteiger partial charge >= 0.3 is 5.97 Å². The summed E-state index contributed by atoms with van der Waals surface area (Å²) in [7, 11) is 2.94. The van der Waals surface area contributed by atoms with E-state index in [1.165, 1.54) is 19.1 Å². The summed E-state index contributed by atoms with van der Waals surface area (Å²) in [5, 5.41) is 9.30. The molecule has 1 aliphatic heterocycles. The lowest BCUT2D eigenvalue weighted by Gasteiger charge is -2.33. The van der Waals surface area contributed by atoms with Crippen molar-refractivity contribution in [2.24, 2.45) is 0 Å². The van der Waals surface area contributed by atoms with Gasteiger partial charge in [0, 0.05) is 6.54 Å². The fraction of sp³-hybridized carbons (Fsp3) is 0.467. The van der Waals surface area contributed by atoms with E-state index in [2.05, 4.69) is 0 Å². The van der Waals surface area contributed by atoms with Gasteiger partial charge in [-0.1, -0.05) is 6.07 Å². The molecule has 1 aromatic rings. The molecule has 1 atom stereocenters. The number of hydrogen-bond donors (Lipinski definition) is 1. The van der Waals surface area contributed by atoms with Gasteiger partial charge in [-0.15, -0.1) is 0 Å². The predicted octanol–water partition coefficient (Wildman–Crippen LogP) is 1.78. The molecule has 1 fully saturated rings. The Kier molecular flexibility index (Phi) is 4.67. The van der Waals surface area contributed by atoms with Gasteiger partial charge < -0.3 is 19.5 Å². The summed E-state index contributed by atoms with van der Waals surface area (Å²) in [6.45, 7) is 0.428. The average Bonchev–Trinajstić information content (AvgIpc) is 2.53. The molecule has 6 nitrogen and oxygen atoms in total. The summed E-state index contributed by atoms with van der Waals surface area (Å²) in [6, 6.07) is 4.26. The van der Waals surface area contributed by atoms with Crippen LogP contribution in [0.1, 0.15) is 29.6 Å². The van der Waals surface area contributed by atoms with E-state index in [4.69, 9.17) is 9.47 Å². The van der Waals surface area contributed by atoms with Crippen LogP contribution < -0.4 is 9.47 Å². The quantitative estimate of drug-likeness (QED) is 0.915. The number of carbonyl (C=O) groups is 2. The molecule has 0 saturated carbocycles. The van der Waals surface area contributed by atoms with Gasteiger partial charge in [0.15, 0.2) is 0 Å². The molecule has 1 aliphatic rings. The first-order valence-corrected chi connectivity index (χ1v) is 6.85. The number of nitrogens with zero attached hydrogens (tertiary/aromatic N) is 1. The second-order valence-electron chi connectivity index (χ2n) is 4.89. The second kappa shape index (κ2) is 6.47. The number of carboxylic acid groups (broad SMARTS) is 1. The first-order chi connectivity index (χ1) is 10.1. The smallest absolute Gasteiger partial charge is 0.326 e. The molecule has 114 valence electrons. The van der Waals surface area contributed by atoms with Crippen molar-refractivity contribution in [1.82, 2.24) is 4.90 Å². The fourth-order valence-electron chi connectivity index (χ4n) is 2.64. The molecule has 0 radical (unpaired) electrons. The highest BCUT2D eigenvalue weighted by Gasteiger charge is 2.34. The molecule has 21 heavy (non-hydrogen) atoms. The zero-order valence-electron chi connectivity index (χ0n) is 12.2. The van der Waals surface area contributed by atoms with Crippen molar-refractivity contribution in [2.45, 2.75) is 25.3 Å². The molecular formula is C15H19NO5. The molecule has 1 heterocycles. The molecule has 1 amide bonds. The first kappa shape index (κ1) is 15.2. The zero-order chi connectivity index (χ0) is 15.4. The highest BCUT2D eigenvalue weighted by molar-refractivity contribution is 6.01. The summed E-state index contributed by atoms with van der Waals surface area (Å²) >= 11 is 0. The lowest BCUT2D eigenvalue weighted by atomic mass is 10.0. The van der Waals surface area contributed by atoms with Crippen molar-refractivity contribution in [1.29, 1.82) is 0 Å². The number of rotatable bonds is 4. The van der Waals surface area contributed by atoms with Gasteiger partial charge in [-0.25, -0.2) is 4.79 Å². The Morgan fingerprint density at radius 2 is 1.81 bits per heavy atom. The fourth-order valence-corrected chi connectivity index (χ4v) is 2.64. The van der Waals surface area contributed by atoms with E-state index in [-0.39, 0.29) is 11.5 Å². The summed E-state index contributed by atoms with van der Waals surface area (Å²) in [6.07, 6.45) is 2.08. The first-order valence-electron chi connectivity index (χ1n) is 6.85. The van der Waals surface area contributed by atoms with E-state index in [0.29, 0.717) is 24.5 Å². The number of piperidine rings is 1. The molecular weight excluding hydrogens is 274 g/mol. The van der Waals surface area contributed by atoms with Crippen LogP contribution in [0, 0.1) is 0 Å². The van der Waals surface area contributed by atoms with Gasteiger partial charge in [-0.3, -0.25) is 4.79 Å². The Morgan fingerprint density at radius 1 is 1.19 bits per heavy atom. The van der Waals surface area contributed by atoms with Gasteiger partial charge in [0.25, 0.3) is 5.91 Å². The summed E-state index contributed by atoms with van der Waals surface area (Å²) < 4.78 is 10.4. The molecule has 0 unspecified atom stereocenters. The van der Waals surface area contributed by atoms with E-state index < -0.39 is 12.0 Å². The highest BCUT2D eigenvalue weighted by Crippen LogP contribution is 2.31. The number of benzene rings is 1. The normalized spacial score (nSPS) is 18.2. The van der Waals surface area contributed by atoms with Gasteiger partial charge in [-0.05, 0) is 31.4 Å². The van der Waals surface area contributed by atoms with Crippen LogP contribution in [0.15, 0.2) is 18.2 Å². The van der Waals surface area contributed by atoms with Crippen LogP contribution in [0.4, 0.5) is 0 Å². The highest BCUT2D eigenvalue weighted by atomic mass is 16.5. The molecule has 6 heteroatoms. The Bertz CT molecular complexity index is 521. The second-order valence-corrected chi connectivity index (χ2v) is 4.89. The van der Waals surface area contributed by atoms with Crippen molar-refractivity contribution >= 4 is 11.9 Å². The molecule has 0 bridgehead atoms. The molecule has 2 rings (SSSR count). The summed E-state index contributed by atoms with van der Waals surface area (Å²) in [5.74, 6) is -0.573. The Morgan fingerprint density at radius 3 is 2.33 bits per heavy atom. The van der Waals surface area contributed by atoms with Crippen LogP contribution in [0.2, 0.25) is 0 Å². The topological polar surface area (TPSA) is 76.1 Å². The third-order valence-corrected chi connectivity index (χ3v) is 3.69. The van der Waals surface area contributed by atoms with Crippen LogP contribution in [0.5, 0.6) is 11.5 Å². The minimum absolute atomic E-state index is 0.274. The number of likely N-dealkylation sites (tertiary alicyclic amines) is 1. The van der Waals surface area contributed by atoms with Gasteiger partial charge in [-0.2, -0.15) is 0 Å². The van der Waals surface area contributed by atoms with Crippen molar-refractivity contribution in [3.8, 4) is 11.5 Å². The Labute approximate surface area is 123 Å². The lowest BCUT2D eigenvalue weighted by Crippen LogP contribution is -2.48. The third-order valence-electron chi connectivity index (χ3n) is 3.69. The summed E-state index contributed by atoms with van der Waals surface area (Å²) in [4.78, 5) is 25.5. The number of carboxylic acids is 1. The molecule has 1 saturated heterocycles. The molecule has 1 aromatic carbocycles. The maximum atomic E-state index is 12.8. The van der Waals surface area contributed by atoms with Gasteiger partial charge in [0.2, 0.25) is 0 Å². The van der Waals surface area contributed by atoms with E-state index in [0.717, 1.165) is 12.8 Å². The number of ether oxygens (including phenoxy) is 2. The largest absolute Gasteiger partial charge is 0.496 e. The number of methoxy groups -OCH3 is 2. The van der Waals surface area contributed by atoms with Crippen molar-refractivity contribution in [2.75, 3.05) is 20.8 Å². The van der Waals surface area contributed by atoms with Crippen molar-refractivity contribution in [3.05, 3.63) is 23.8 Å². The van der Waals surface area contributed by atoms with Crippen molar-refractivity contribution < 1.29 is 24.2 Å². The standard InChI is InChI=1S/C15H19NO5/c1-20-11-7-5-8-12(21-2)13(11)14(17)16-9-4-3-6-10(16)15(18)19/h5,7-8,10H,3-4,6,9H2,1-2H3,(H,18,19)/t10-/m1/s1. The van der Waals surface area contributed by atoms with Crippen LogP contribution in [0.25, 0.3) is 0 Å². The SMILES string of the molecule is COc1cccc(OC)c1C(=O)N1CCCC[C@@H]1C(=O)O. The van der Waals surface area contributed by atoms with Crippen LogP contribution in [0.3, 0.4) is 0 Å². The molecule has 1 N–H and O–H groups in total. The molecule has 0 spiro atoms. The minimum Gasteiger partial charge on any atom is -0.496 e. The number of amides is 1. The van der Waals surface area contributed by atoms with E-state index in [1.807, 2.05) is 0 Å². The minimum atomic E-state index is -0.975. The number of carbonyl (C=O) groups excluding carboxylic acids is 1. The van der Waals surface area contributed by atoms with Crippen LogP contribution in [-0.4, -0.2) is 48.7 Å². The van der Waals surface area contributed by atoms with E-state index in [9.17, 15) is 14.7 Å². The molecule has 0 aromatic heterocycles. The maximum Gasteiger partial charge on any atom is 0.326 e. The van der Waals surface area contributed by atoms with Gasteiger partial charge in [0.05, 0.1) is 14.2 Å². The van der Waals surface area contributed by atoms with Gasteiger partial charge in [0.1, 0.15) is 23.1 Å². The number of aliphatic carboxylic acids is 1. The monoisotopic (exact) mass is 293 g/mol. The summed E-state index contributed by atoms with van der Waals surface area (Å²) in [5.41, 5.74) is 0.274. The Balaban J connectivity index is 2.40. The van der Waals surface area contributed by atoms with Crippen molar-refractivity contribution in [3.63, 3.8) is 0 Å². The molecule has 0 aliphatic carbocycles. The van der Waals surface area contributed by atoms with Crippen LogP contribution >= 0.6 is 0 Å². The zero-order valence-corrected chi connectivity index (χ0v) is 12.2. The maximum absolute atomic E-state index is 12.8. The van der Waals surface area contributed by atoms with E-state index >= 15 is 0 Å². The Hall–Kier alpha value is -2.24. The van der Waals surface area contributed by atoms with Crippen LogP contribution in [-0.2, 0) is 4.79 Å². The predicted molar refractivity (Wildman–Crippen MR) is 75.9 cm³/mol. The third kappa shape index (κ3) is 2.94. The number of hydrogen-bond acceptors (Lipinski definition) is 4. The lowest BCUT2D eigenvalue weighted by molar-refractivity contribution is -0.143. The average molecular weight is 293 g/mol. The van der Waals surface area contributed by atoms with E-state index in [1.54, 1.807) is 18.2 Å².